The number of urea groups is 1. The average Bonchev–Trinajstić information content (AvgIpc) is 3.70. The number of amides is 4. The zero-order valence-corrected chi connectivity index (χ0v) is 32.9. The van der Waals surface area contributed by atoms with Gasteiger partial charge in [0.15, 0.2) is 0 Å². The maximum absolute atomic E-state index is 12.4. The molecule has 0 aromatic carbocycles. The van der Waals surface area contributed by atoms with Crippen molar-refractivity contribution in [2.24, 2.45) is 11.0 Å². The van der Waals surface area contributed by atoms with Crippen LogP contribution < -0.4 is 21.4 Å². The lowest BCUT2D eigenvalue weighted by Crippen LogP contribution is -2.36. The number of rotatable bonds is 22. The number of hydrazone groups is 1. The number of unbranched alkanes of at least 4 members (excludes halogenated alkanes) is 1. The number of aliphatic hydroxyl groups excluding tert-OH is 1. The first kappa shape index (κ1) is 44.9. The average molecular weight is 768 g/mol. The van der Waals surface area contributed by atoms with Gasteiger partial charge in [0, 0.05) is 42.7 Å². The number of allylic oxidation sites excluding steroid dienone is 2. The first-order valence-corrected chi connectivity index (χ1v) is 20.5. The molecule has 4 amide bonds. The monoisotopic (exact) mass is 767 g/mol. The third kappa shape index (κ3) is 19.1. The molecule has 0 unspecified atom stereocenters. The van der Waals surface area contributed by atoms with Crippen LogP contribution >= 0.6 is 11.8 Å². The number of ether oxygens (including phenoxy) is 5. The maximum atomic E-state index is 12.4. The lowest BCUT2D eigenvalue weighted by molar-refractivity contribution is -0.122. The van der Waals surface area contributed by atoms with Gasteiger partial charge in [-0.1, -0.05) is 37.1 Å². The summed E-state index contributed by atoms with van der Waals surface area (Å²) in [7, 11) is 1.63. The number of nitrogens with one attached hydrogen (secondary N) is 4. The van der Waals surface area contributed by atoms with E-state index in [1.165, 1.54) is 5.57 Å². The molecule has 0 aromatic heterocycles. The van der Waals surface area contributed by atoms with Crippen molar-refractivity contribution in [3.8, 4) is 0 Å². The topological polar surface area (TPSA) is 178 Å². The molecule has 2 heterocycles. The molecule has 0 saturated carbocycles. The van der Waals surface area contributed by atoms with Crippen molar-refractivity contribution in [3.05, 3.63) is 23.8 Å². The van der Waals surface area contributed by atoms with E-state index < -0.39 is 6.10 Å². The summed E-state index contributed by atoms with van der Waals surface area (Å²) in [6.45, 7) is 7.78. The third-order valence-corrected chi connectivity index (χ3v) is 11.0. The number of hydrogen-bond acceptors (Lipinski definition) is 11. The summed E-state index contributed by atoms with van der Waals surface area (Å²) in [6.07, 6.45) is 13.9. The summed E-state index contributed by atoms with van der Waals surface area (Å²) in [6, 6.07) is 0.389. The summed E-state index contributed by atoms with van der Waals surface area (Å²) in [4.78, 5) is 35.9. The Labute approximate surface area is 320 Å². The lowest BCUT2D eigenvalue weighted by Gasteiger charge is -2.23. The second-order valence-corrected chi connectivity index (χ2v) is 15.1. The number of aliphatic hydroxyl groups is 1. The van der Waals surface area contributed by atoms with Crippen molar-refractivity contribution >= 4 is 35.3 Å². The van der Waals surface area contributed by atoms with Gasteiger partial charge in [0.25, 0.3) is 0 Å². The van der Waals surface area contributed by atoms with Crippen molar-refractivity contribution in [1.82, 2.24) is 21.4 Å². The van der Waals surface area contributed by atoms with E-state index in [4.69, 9.17) is 23.7 Å². The summed E-state index contributed by atoms with van der Waals surface area (Å²) in [5, 5.41) is 24.4. The van der Waals surface area contributed by atoms with E-state index in [0.29, 0.717) is 64.5 Å². The number of nitrogens with zero attached hydrogens (tertiary/aromatic N) is 1. The molecular formula is C38H65N5O9S. The number of carbonyl (C=O) groups is 3. The predicted molar refractivity (Wildman–Crippen MR) is 207 cm³/mol. The quantitative estimate of drug-likeness (QED) is 0.0473. The molecule has 5 N–H and O–H groups in total. The van der Waals surface area contributed by atoms with Gasteiger partial charge in [-0.3, -0.25) is 9.59 Å². The van der Waals surface area contributed by atoms with Gasteiger partial charge in [0.05, 0.1) is 77.5 Å². The van der Waals surface area contributed by atoms with Gasteiger partial charge < -0.3 is 44.7 Å². The number of carbonyl (C=O) groups excluding carboxylic acids is 3. The highest BCUT2D eigenvalue weighted by Gasteiger charge is 2.42. The van der Waals surface area contributed by atoms with E-state index >= 15 is 0 Å². The fraction of sp³-hybridized carbons (Fsp3) is 0.789. The SMILES string of the molecule is CO[C@H]1/C=C/CCCC/C(=N\NC(=O)CCOCCOCCOCCOCCNC(=O)CCCC[C@@H]2SC[C@@H]3NC(=O)N[C@@H]32)CC/C(C)=C\[C@@H](C)[C@@H]1O. The highest BCUT2D eigenvalue weighted by atomic mass is 32.2. The molecule has 0 aromatic rings. The molecule has 3 rings (SSSR count). The number of methoxy groups -OCH3 is 1. The smallest absolute Gasteiger partial charge is 0.315 e. The van der Waals surface area contributed by atoms with Gasteiger partial charge >= 0.3 is 6.03 Å². The molecule has 14 nitrogen and oxygen atoms in total. The Morgan fingerprint density at radius 2 is 1.64 bits per heavy atom. The van der Waals surface area contributed by atoms with Crippen LogP contribution in [0.15, 0.2) is 28.9 Å². The van der Waals surface area contributed by atoms with Crippen LogP contribution in [0.4, 0.5) is 4.79 Å². The first-order chi connectivity index (χ1) is 25.8. The summed E-state index contributed by atoms with van der Waals surface area (Å²) < 4.78 is 27.6. The Morgan fingerprint density at radius 1 is 0.925 bits per heavy atom. The minimum absolute atomic E-state index is 0.0333. The van der Waals surface area contributed by atoms with Crippen molar-refractivity contribution in [3.63, 3.8) is 0 Å². The summed E-state index contributed by atoms with van der Waals surface area (Å²) in [5.74, 6) is 0.758. The summed E-state index contributed by atoms with van der Waals surface area (Å²) >= 11 is 1.90. The molecule has 0 spiro atoms. The second kappa shape index (κ2) is 27.1. The van der Waals surface area contributed by atoms with Gasteiger partial charge in [0.2, 0.25) is 11.8 Å². The van der Waals surface area contributed by atoms with E-state index in [2.05, 4.69) is 45.6 Å². The third-order valence-electron chi connectivity index (χ3n) is 9.49. The molecule has 6 atom stereocenters. The maximum Gasteiger partial charge on any atom is 0.315 e. The van der Waals surface area contributed by atoms with Crippen LogP contribution in [-0.4, -0.2) is 130 Å². The molecular weight excluding hydrogens is 703 g/mol. The second-order valence-electron chi connectivity index (χ2n) is 13.9. The fourth-order valence-corrected chi connectivity index (χ4v) is 7.95. The molecule has 0 radical (unpaired) electrons. The minimum atomic E-state index is -0.610. The van der Waals surface area contributed by atoms with Gasteiger partial charge in [-0.25, -0.2) is 10.2 Å². The summed E-state index contributed by atoms with van der Waals surface area (Å²) in [5.41, 5.74) is 4.84. The van der Waals surface area contributed by atoms with Crippen LogP contribution in [0, 0.1) is 5.92 Å². The number of hydrogen-bond donors (Lipinski definition) is 5. The van der Waals surface area contributed by atoms with E-state index in [0.717, 1.165) is 69.3 Å². The molecule has 2 fully saturated rings. The molecule has 1 aliphatic carbocycles. The highest BCUT2D eigenvalue weighted by molar-refractivity contribution is 8.00. The van der Waals surface area contributed by atoms with Crippen molar-refractivity contribution in [2.45, 2.75) is 114 Å². The molecule has 15 heteroatoms. The van der Waals surface area contributed by atoms with E-state index in [1.54, 1.807) is 7.11 Å². The largest absolute Gasteiger partial charge is 0.389 e. The van der Waals surface area contributed by atoms with Crippen LogP contribution in [0.2, 0.25) is 0 Å². The Bertz CT molecular complexity index is 1170. The number of fused-ring (bicyclic) bond motifs is 1. The Morgan fingerprint density at radius 3 is 2.38 bits per heavy atom. The van der Waals surface area contributed by atoms with E-state index in [9.17, 15) is 19.5 Å². The first-order valence-electron chi connectivity index (χ1n) is 19.4. The zero-order chi connectivity index (χ0) is 38.1. The Kier molecular flexibility index (Phi) is 23.0. The zero-order valence-electron chi connectivity index (χ0n) is 32.1. The van der Waals surface area contributed by atoms with Crippen molar-refractivity contribution in [2.75, 3.05) is 72.3 Å². The lowest BCUT2D eigenvalue weighted by atomic mass is 9.94. The standard InChI is InChI=1S/C38H65N5O9S/c1-28-14-15-30(10-6-4-5-7-11-32(48-3)37(46)29(2)26-28)42-43-35(45)16-18-49-20-22-51-24-25-52-23-21-50-19-17-39-34(44)13-9-8-12-33-36-31(27-53-33)40-38(47)41-36/h7,11,26,29,31-33,36-37,46H,4-6,8-10,12-25,27H2,1-3H3,(H,39,44)(H,43,45)(H2,40,41,47)/b11-7+,28-26-,42-30+/t29-,31+,32+,33+,36+,37+/m1/s1. The number of thioether (sulfide) groups is 1. The van der Waals surface area contributed by atoms with Crippen molar-refractivity contribution < 1.29 is 43.2 Å². The molecule has 53 heavy (non-hydrogen) atoms. The normalized spacial score (nSPS) is 27.6. The highest BCUT2D eigenvalue weighted by Crippen LogP contribution is 2.33. The molecule has 302 valence electrons. The van der Waals surface area contributed by atoms with Crippen LogP contribution in [0.3, 0.4) is 0 Å². The van der Waals surface area contributed by atoms with Crippen molar-refractivity contribution in [1.29, 1.82) is 0 Å². The van der Waals surface area contributed by atoms with Crippen LogP contribution in [0.1, 0.15) is 84.5 Å². The fourth-order valence-electron chi connectivity index (χ4n) is 6.41. The van der Waals surface area contributed by atoms with Gasteiger partial charge in [-0.05, 0) is 58.3 Å². The molecule has 0 bridgehead atoms. The molecule has 2 aliphatic heterocycles. The van der Waals surface area contributed by atoms with E-state index in [-0.39, 0.29) is 55.0 Å². The molecule has 3 aliphatic rings. The Hall–Kier alpha value is -2.53. The van der Waals surface area contributed by atoms with Crippen LogP contribution in [0.25, 0.3) is 0 Å². The van der Waals surface area contributed by atoms with Gasteiger partial charge in [-0.2, -0.15) is 16.9 Å². The van der Waals surface area contributed by atoms with Gasteiger partial charge in [-0.15, -0.1) is 0 Å². The van der Waals surface area contributed by atoms with Crippen LogP contribution in [-0.2, 0) is 33.3 Å². The minimum Gasteiger partial charge on any atom is -0.389 e. The molecule has 2 saturated heterocycles. The van der Waals surface area contributed by atoms with Gasteiger partial charge in [0.1, 0.15) is 6.10 Å². The predicted octanol–water partition coefficient (Wildman–Crippen LogP) is 3.63. The van der Waals surface area contributed by atoms with Crippen LogP contribution in [0.5, 0.6) is 0 Å². The van der Waals surface area contributed by atoms with E-state index in [1.807, 2.05) is 24.8 Å². The Balaban J connectivity index is 1.10.